The van der Waals surface area contributed by atoms with E-state index >= 15 is 0 Å². The molecule has 9 nitrogen and oxygen atoms in total. The average Bonchev–Trinajstić information content (AvgIpc) is 3.32. The van der Waals surface area contributed by atoms with Gasteiger partial charge in [-0.25, -0.2) is 4.21 Å². The quantitative estimate of drug-likeness (QED) is 0.326. The van der Waals surface area contributed by atoms with Gasteiger partial charge in [0, 0.05) is 47.9 Å². The Balaban J connectivity index is 1.87. The fourth-order valence-electron chi connectivity index (χ4n) is 4.94. The summed E-state index contributed by atoms with van der Waals surface area (Å²) in [5.74, 6) is -0.116. The van der Waals surface area contributed by atoms with Crippen molar-refractivity contribution in [3.63, 3.8) is 0 Å². The molecular formula is C33H41N3O6S. The zero-order valence-electron chi connectivity index (χ0n) is 26.3. The maximum atomic E-state index is 13.7. The molecule has 2 atom stereocenters. The van der Waals surface area contributed by atoms with Gasteiger partial charge in [0.1, 0.15) is 17.9 Å². The Bertz CT molecular complexity index is 1570. The molecule has 1 aliphatic rings. The zero-order valence-corrected chi connectivity index (χ0v) is 27.1. The number of aryl methyl sites for hydroxylation is 1. The summed E-state index contributed by atoms with van der Waals surface area (Å²) in [6, 6.07) is 13.0. The Morgan fingerprint density at radius 1 is 1.12 bits per heavy atom. The van der Waals surface area contributed by atoms with E-state index < -0.39 is 28.7 Å². The van der Waals surface area contributed by atoms with Crippen LogP contribution < -0.4 is 19.7 Å². The van der Waals surface area contributed by atoms with E-state index in [0.29, 0.717) is 27.6 Å². The summed E-state index contributed by atoms with van der Waals surface area (Å²) in [4.78, 5) is 28.8. The Morgan fingerprint density at radius 3 is 2.37 bits per heavy atom. The van der Waals surface area contributed by atoms with Gasteiger partial charge < -0.3 is 19.5 Å². The molecule has 2 heterocycles. The normalized spacial score (nSPS) is 16.0. The Labute approximate surface area is 256 Å². The number of benzene rings is 2. The number of carbonyl (C=O) groups is 2. The van der Waals surface area contributed by atoms with E-state index in [-0.39, 0.29) is 18.4 Å². The first kappa shape index (κ1) is 31.9. The fraction of sp³-hybridized carbons (Fsp3) is 0.394. The SMILES string of the molecule is CN/C=C(/c1cc(OC)cc2c1OC(C(C)C)C(=O)N2CC(=O)OC(C)(C)C)c1ccn(S(=O)c2ccc(C)cc2)c1C. The third-order valence-electron chi connectivity index (χ3n) is 7.00. The predicted molar refractivity (Wildman–Crippen MR) is 169 cm³/mol. The second kappa shape index (κ2) is 12.7. The van der Waals surface area contributed by atoms with Crippen molar-refractivity contribution in [2.24, 2.45) is 5.92 Å². The van der Waals surface area contributed by atoms with Crippen LogP contribution in [0.4, 0.5) is 5.69 Å². The Hall–Kier alpha value is -4.05. The first-order valence-corrected chi connectivity index (χ1v) is 15.3. The van der Waals surface area contributed by atoms with Gasteiger partial charge in [-0.2, -0.15) is 0 Å². The second-order valence-corrected chi connectivity index (χ2v) is 13.2. The highest BCUT2D eigenvalue weighted by molar-refractivity contribution is 7.83. The van der Waals surface area contributed by atoms with Crippen LogP contribution in [-0.4, -0.2) is 52.5 Å². The zero-order chi connectivity index (χ0) is 31.6. The van der Waals surface area contributed by atoms with Crippen molar-refractivity contribution < 1.29 is 28.0 Å². The number of nitrogens with zero attached hydrogens (tertiary/aromatic N) is 2. The molecule has 0 saturated carbocycles. The van der Waals surface area contributed by atoms with Gasteiger partial charge in [0.05, 0.1) is 17.7 Å². The van der Waals surface area contributed by atoms with Gasteiger partial charge in [0.25, 0.3) is 5.91 Å². The lowest BCUT2D eigenvalue weighted by molar-refractivity contribution is -0.154. The molecule has 10 heteroatoms. The van der Waals surface area contributed by atoms with Crippen LogP contribution in [0.1, 0.15) is 57.0 Å². The third-order valence-corrected chi connectivity index (χ3v) is 8.43. The van der Waals surface area contributed by atoms with Crippen molar-refractivity contribution in [3.05, 3.63) is 77.2 Å². The van der Waals surface area contributed by atoms with Gasteiger partial charge in [-0.3, -0.25) is 18.5 Å². The van der Waals surface area contributed by atoms with Crippen molar-refractivity contribution in [3.8, 4) is 11.5 Å². The van der Waals surface area contributed by atoms with Crippen LogP contribution in [0.5, 0.6) is 11.5 Å². The van der Waals surface area contributed by atoms with E-state index in [0.717, 1.165) is 22.4 Å². The largest absolute Gasteiger partial charge is 0.497 e. The van der Waals surface area contributed by atoms with E-state index in [9.17, 15) is 13.8 Å². The molecule has 230 valence electrons. The maximum Gasteiger partial charge on any atom is 0.326 e. The van der Waals surface area contributed by atoms with Crippen molar-refractivity contribution in [2.75, 3.05) is 25.6 Å². The molecular weight excluding hydrogens is 566 g/mol. The van der Waals surface area contributed by atoms with Gasteiger partial charge >= 0.3 is 5.97 Å². The van der Waals surface area contributed by atoms with Gasteiger partial charge in [-0.05, 0) is 64.8 Å². The molecule has 2 unspecified atom stereocenters. The topological polar surface area (TPSA) is 99.1 Å². The number of esters is 1. The summed E-state index contributed by atoms with van der Waals surface area (Å²) in [5.41, 5.74) is 3.76. The average molecular weight is 608 g/mol. The number of carbonyl (C=O) groups excluding carboxylic acids is 2. The third kappa shape index (κ3) is 6.80. The van der Waals surface area contributed by atoms with E-state index in [2.05, 4.69) is 5.32 Å². The summed E-state index contributed by atoms with van der Waals surface area (Å²) in [6.07, 6.45) is 2.81. The molecule has 2 aromatic carbocycles. The predicted octanol–water partition coefficient (Wildman–Crippen LogP) is 5.38. The van der Waals surface area contributed by atoms with Crippen LogP contribution in [0.15, 0.2) is 59.8 Å². The van der Waals surface area contributed by atoms with Gasteiger partial charge in [0.15, 0.2) is 22.8 Å². The summed E-state index contributed by atoms with van der Waals surface area (Å²) in [5, 5.41) is 3.13. The Kier molecular flexibility index (Phi) is 9.39. The van der Waals surface area contributed by atoms with Crippen molar-refractivity contribution in [1.29, 1.82) is 0 Å². The highest BCUT2D eigenvalue weighted by Crippen LogP contribution is 2.46. The highest BCUT2D eigenvalue weighted by atomic mass is 32.2. The van der Waals surface area contributed by atoms with E-state index in [1.165, 1.54) is 4.90 Å². The van der Waals surface area contributed by atoms with Gasteiger partial charge in [-0.1, -0.05) is 31.5 Å². The lowest BCUT2D eigenvalue weighted by Crippen LogP contribution is -2.51. The monoisotopic (exact) mass is 607 g/mol. The minimum absolute atomic E-state index is 0.173. The lowest BCUT2D eigenvalue weighted by Gasteiger charge is -2.37. The van der Waals surface area contributed by atoms with Crippen LogP contribution >= 0.6 is 0 Å². The minimum atomic E-state index is -1.46. The summed E-state index contributed by atoms with van der Waals surface area (Å²) in [6.45, 7) is 12.8. The molecule has 1 N–H and O–H groups in total. The van der Waals surface area contributed by atoms with Crippen LogP contribution in [0.25, 0.3) is 5.57 Å². The number of aromatic nitrogens is 1. The Morgan fingerprint density at radius 2 is 1.79 bits per heavy atom. The molecule has 0 radical (unpaired) electrons. The molecule has 1 aromatic heterocycles. The first-order valence-electron chi connectivity index (χ1n) is 14.2. The first-order chi connectivity index (χ1) is 20.2. The lowest BCUT2D eigenvalue weighted by atomic mass is 9.94. The number of nitrogens with one attached hydrogen (secondary N) is 1. The number of amides is 1. The fourth-order valence-corrected chi connectivity index (χ4v) is 6.05. The van der Waals surface area contributed by atoms with Crippen LogP contribution in [0.3, 0.4) is 0 Å². The molecule has 0 spiro atoms. The van der Waals surface area contributed by atoms with Gasteiger partial charge in [-0.15, -0.1) is 0 Å². The number of hydrogen-bond acceptors (Lipinski definition) is 7. The second-order valence-electron chi connectivity index (χ2n) is 11.9. The molecule has 43 heavy (non-hydrogen) atoms. The molecule has 1 aliphatic heterocycles. The molecule has 0 saturated heterocycles. The van der Waals surface area contributed by atoms with Crippen molar-refractivity contribution >= 4 is 34.1 Å². The summed E-state index contributed by atoms with van der Waals surface area (Å²) >= 11 is 0. The summed E-state index contributed by atoms with van der Waals surface area (Å²) < 4.78 is 32.9. The smallest absolute Gasteiger partial charge is 0.326 e. The summed E-state index contributed by atoms with van der Waals surface area (Å²) in [7, 11) is 1.87. The van der Waals surface area contributed by atoms with Crippen LogP contribution in [-0.2, 0) is 25.3 Å². The van der Waals surface area contributed by atoms with E-state index in [4.69, 9.17) is 14.2 Å². The van der Waals surface area contributed by atoms with Crippen molar-refractivity contribution in [1.82, 2.24) is 9.29 Å². The van der Waals surface area contributed by atoms with Crippen LogP contribution in [0.2, 0.25) is 0 Å². The molecule has 1 amide bonds. The standard InChI is InChI=1S/C33H41N3O6S/c1-20(2)30-32(38)35(19-29(37)42-33(5,6)7)28-17-23(40-9)16-26(31(28)41-30)27(18-34-8)25-14-15-36(22(25)4)43(39)24-12-10-21(3)11-13-24/h10-18,20,30,34H,19H2,1-9H3/b27-18+. The maximum absolute atomic E-state index is 13.7. The molecule has 4 rings (SSSR count). The number of rotatable bonds is 9. The highest BCUT2D eigenvalue weighted by Gasteiger charge is 2.40. The molecule has 3 aromatic rings. The molecule has 0 bridgehead atoms. The minimum Gasteiger partial charge on any atom is -0.497 e. The molecule has 0 fully saturated rings. The number of ether oxygens (including phenoxy) is 3. The van der Waals surface area contributed by atoms with E-state index in [1.54, 1.807) is 51.2 Å². The van der Waals surface area contributed by atoms with E-state index in [1.807, 2.05) is 70.3 Å². The van der Waals surface area contributed by atoms with Gasteiger partial charge in [0.2, 0.25) is 0 Å². The number of methoxy groups -OCH3 is 1. The number of anilines is 1. The van der Waals surface area contributed by atoms with Crippen LogP contribution in [0, 0.1) is 19.8 Å². The van der Waals surface area contributed by atoms with Crippen molar-refractivity contribution in [2.45, 2.75) is 65.1 Å². The number of fused-ring (bicyclic) bond motifs is 1. The number of hydrogen-bond donors (Lipinski definition) is 1. The molecule has 0 aliphatic carbocycles.